The van der Waals surface area contributed by atoms with Crippen molar-refractivity contribution < 1.29 is 9.59 Å². The van der Waals surface area contributed by atoms with Gasteiger partial charge in [0, 0.05) is 13.6 Å². The molecule has 0 radical (unpaired) electrons. The van der Waals surface area contributed by atoms with Crippen LogP contribution in [0.2, 0.25) is 0 Å². The van der Waals surface area contributed by atoms with Crippen LogP contribution >= 0.6 is 0 Å². The predicted molar refractivity (Wildman–Crippen MR) is 76.8 cm³/mol. The average molecular weight is 261 g/mol. The zero-order chi connectivity index (χ0) is 14.4. The third-order valence-electron chi connectivity index (χ3n) is 2.91. The molecule has 0 aliphatic rings. The Morgan fingerprint density at radius 3 is 2.11 bits per heavy atom. The molecule has 0 bridgehead atoms. The van der Waals surface area contributed by atoms with Gasteiger partial charge in [-0.05, 0) is 30.4 Å². The highest BCUT2D eigenvalue weighted by atomic mass is 16.2. The lowest BCUT2D eigenvalue weighted by atomic mass is 10.0. The molecular weight excluding hydrogens is 238 g/mol. The summed E-state index contributed by atoms with van der Waals surface area (Å²) in [7, 11) is 1.73. The Labute approximate surface area is 115 Å². The van der Waals surface area contributed by atoms with Crippen LogP contribution in [0, 0.1) is 5.92 Å². The molecule has 1 aromatic rings. The van der Waals surface area contributed by atoms with E-state index in [0.29, 0.717) is 12.5 Å². The lowest BCUT2D eigenvalue weighted by Crippen LogP contribution is -2.27. The molecule has 1 aromatic carbocycles. The molecule has 0 aliphatic carbocycles. The van der Waals surface area contributed by atoms with E-state index in [2.05, 4.69) is 38.1 Å². The molecular formula is C16H23NO2. The molecule has 0 spiro atoms. The molecule has 0 fully saturated rings. The van der Waals surface area contributed by atoms with E-state index < -0.39 is 0 Å². The Morgan fingerprint density at radius 1 is 1.11 bits per heavy atom. The molecule has 3 nitrogen and oxygen atoms in total. The lowest BCUT2D eigenvalue weighted by Gasteiger charge is -2.17. The maximum absolute atomic E-state index is 11.7. The fourth-order valence-corrected chi connectivity index (χ4v) is 1.96. The van der Waals surface area contributed by atoms with Crippen LogP contribution in [0.25, 0.3) is 0 Å². The number of nitrogens with zero attached hydrogens (tertiary/aromatic N) is 1. The summed E-state index contributed by atoms with van der Waals surface area (Å²) in [6, 6.07) is 8.32. The number of amides is 1. The zero-order valence-electron chi connectivity index (χ0n) is 12.3. The van der Waals surface area contributed by atoms with E-state index in [4.69, 9.17) is 0 Å². The van der Waals surface area contributed by atoms with Crippen LogP contribution < -0.4 is 0 Å². The topological polar surface area (TPSA) is 37.4 Å². The van der Waals surface area contributed by atoms with Crippen LogP contribution in [0.1, 0.15) is 38.3 Å². The fourth-order valence-electron chi connectivity index (χ4n) is 1.96. The van der Waals surface area contributed by atoms with Crippen molar-refractivity contribution in [3.63, 3.8) is 0 Å². The van der Waals surface area contributed by atoms with Crippen LogP contribution in [0.3, 0.4) is 0 Å². The van der Waals surface area contributed by atoms with Gasteiger partial charge in [-0.2, -0.15) is 0 Å². The Balaban J connectivity index is 2.57. The van der Waals surface area contributed by atoms with Crippen molar-refractivity contribution in [2.24, 2.45) is 5.92 Å². The minimum Gasteiger partial charge on any atom is -0.341 e. The first-order chi connectivity index (χ1) is 8.88. The molecule has 0 heterocycles. The standard InChI is InChI=1S/C16H23NO2/c1-12(2)9-14-5-7-15(8-6-14)11-17(4)16(19)10-13(3)18/h5-8,12H,9-11H2,1-4H3. The second-order valence-corrected chi connectivity index (χ2v) is 5.54. The fraction of sp³-hybridized carbons (Fsp3) is 0.500. The van der Waals surface area contributed by atoms with Gasteiger partial charge in [0.2, 0.25) is 5.91 Å². The second kappa shape index (κ2) is 7.07. The van der Waals surface area contributed by atoms with E-state index in [1.54, 1.807) is 11.9 Å². The maximum Gasteiger partial charge on any atom is 0.230 e. The average Bonchev–Trinajstić information content (AvgIpc) is 2.30. The van der Waals surface area contributed by atoms with E-state index in [-0.39, 0.29) is 18.1 Å². The van der Waals surface area contributed by atoms with Gasteiger partial charge in [0.05, 0.1) is 6.42 Å². The summed E-state index contributed by atoms with van der Waals surface area (Å²) in [5.41, 5.74) is 2.41. The summed E-state index contributed by atoms with van der Waals surface area (Å²) in [6.07, 6.45) is 1.06. The highest BCUT2D eigenvalue weighted by Gasteiger charge is 2.11. The lowest BCUT2D eigenvalue weighted by molar-refractivity contribution is -0.134. The quantitative estimate of drug-likeness (QED) is 0.738. The molecule has 1 rings (SSSR count). The van der Waals surface area contributed by atoms with E-state index in [1.807, 2.05) is 0 Å². The smallest absolute Gasteiger partial charge is 0.230 e. The zero-order valence-corrected chi connectivity index (χ0v) is 12.3. The molecule has 0 atom stereocenters. The van der Waals surface area contributed by atoms with E-state index in [9.17, 15) is 9.59 Å². The van der Waals surface area contributed by atoms with Gasteiger partial charge in [0.25, 0.3) is 0 Å². The SMILES string of the molecule is CC(=O)CC(=O)N(C)Cc1ccc(CC(C)C)cc1. The molecule has 0 aromatic heterocycles. The van der Waals surface area contributed by atoms with Crippen molar-refractivity contribution in [1.29, 1.82) is 0 Å². The Kier molecular flexibility index (Phi) is 5.74. The van der Waals surface area contributed by atoms with Gasteiger partial charge in [-0.3, -0.25) is 9.59 Å². The summed E-state index contributed by atoms with van der Waals surface area (Å²) in [5.74, 6) is 0.425. The molecule has 0 aliphatic heterocycles. The number of hydrogen-bond donors (Lipinski definition) is 0. The van der Waals surface area contributed by atoms with E-state index in [0.717, 1.165) is 12.0 Å². The number of hydrogen-bond acceptors (Lipinski definition) is 2. The minimum atomic E-state index is -0.126. The van der Waals surface area contributed by atoms with Crippen LogP contribution in [-0.2, 0) is 22.6 Å². The van der Waals surface area contributed by atoms with E-state index in [1.165, 1.54) is 12.5 Å². The monoisotopic (exact) mass is 261 g/mol. The normalized spacial score (nSPS) is 10.6. The number of ketones is 1. The third-order valence-corrected chi connectivity index (χ3v) is 2.91. The van der Waals surface area contributed by atoms with Gasteiger partial charge in [-0.25, -0.2) is 0 Å². The van der Waals surface area contributed by atoms with Gasteiger partial charge in [-0.1, -0.05) is 38.1 Å². The summed E-state index contributed by atoms with van der Waals surface area (Å²) in [6.45, 7) is 6.38. The molecule has 0 saturated heterocycles. The number of Topliss-reactive ketones (excluding diaryl/α,β-unsaturated/α-hetero) is 1. The van der Waals surface area contributed by atoms with Crippen LogP contribution in [0.5, 0.6) is 0 Å². The van der Waals surface area contributed by atoms with Gasteiger partial charge in [0.1, 0.15) is 5.78 Å². The molecule has 104 valence electrons. The van der Waals surface area contributed by atoms with Crippen molar-refractivity contribution in [2.45, 2.75) is 40.2 Å². The summed E-state index contributed by atoms with van der Waals surface area (Å²) in [5, 5.41) is 0. The second-order valence-electron chi connectivity index (χ2n) is 5.54. The Hall–Kier alpha value is -1.64. The number of benzene rings is 1. The maximum atomic E-state index is 11.7. The third kappa shape index (κ3) is 5.69. The van der Waals surface area contributed by atoms with Crippen molar-refractivity contribution in [3.8, 4) is 0 Å². The van der Waals surface area contributed by atoms with Crippen molar-refractivity contribution in [3.05, 3.63) is 35.4 Å². The van der Waals surface area contributed by atoms with Gasteiger partial charge >= 0.3 is 0 Å². The van der Waals surface area contributed by atoms with Crippen LogP contribution in [-0.4, -0.2) is 23.6 Å². The Morgan fingerprint density at radius 2 is 1.63 bits per heavy atom. The minimum absolute atomic E-state index is 0.0120. The molecule has 1 amide bonds. The molecule has 0 N–H and O–H groups in total. The molecule has 3 heteroatoms. The van der Waals surface area contributed by atoms with Gasteiger partial charge < -0.3 is 4.90 Å². The van der Waals surface area contributed by atoms with Crippen LogP contribution in [0.4, 0.5) is 0 Å². The number of carbonyl (C=O) groups excluding carboxylic acids is 2. The summed E-state index contributed by atoms with van der Waals surface area (Å²) < 4.78 is 0. The van der Waals surface area contributed by atoms with Crippen molar-refractivity contribution in [1.82, 2.24) is 4.90 Å². The Bertz CT molecular complexity index is 435. The number of rotatable bonds is 6. The number of carbonyl (C=O) groups is 2. The first-order valence-electron chi connectivity index (χ1n) is 6.69. The first kappa shape index (κ1) is 15.4. The summed E-state index contributed by atoms with van der Waals surface area (Å²) in [4.78, 5) is 24.2. The highest BCUT2D eigenvalue weighted by molar-refractivity contribution is 5.96. The summed E-state index contributed by atoms with van der Waals surface area (Å²) >= 11 is 0. The van der Waals surface area contributed by atoms with Crippen molar-refractivity contribution >= 4 is 11.7 Å². The van der Waals surface area contributed by atoms with Crippen molar-refractivity contribution in [2.75, 3.05) is 7.05 Å². The molecule has 0 saturated carbocycles. The van der Waals surface area contributed by atoms with Gasteiger partial charge in [0.15, 0.2) is 0 Å². The molecule has 19 heavy (non-hydrogen) atoms. The van der Waals surface area contributed by atoms with Gasteiger partial charge in [-0.15, -0.1) is 0 Å². The van der Waals surface area contributed by atoms with E-state index >= 15 is 0 Å². The molecule has 0 unspecified atom stereocenters. The highest BCUT2D eigenvalue weighted by Crippen LogP contribution is 2.11. The van der Waals surface area contributed by atoms with Crippen LogP contribution in [0.15, 0.2) is 24.3 Å². The first-order valence-corrected chi connectivity index (χ1v) is 6.69. The predicted octanol–water partition coefficient (Wildman–Crippen LogP) is 2.82. The largest absolute Gasteiger partial charge is 0.341 e.